The average molecular weight is 315 g/mol. The van der Waals surface area contributed by atoms with Gasteiger partial charge in [0.1, 0.15) is 11.6 Å². The molecule has 0 aliphatic heterocycles. The Morgan fingerprint density at radius 3 is 2.61 bits per heavy atom. The van der Waals surface area contributed by atoms with Crippen LogP contribution in [0.1, 0.15) is 13.3 Å². The van der Waals surface area contributed by atoms with Crippen molar-refractivity contribution in [1.82, 2.24) is 0 Å². The van der Waals surface area contributed by atoms with E-state index in [1.165, 1.54) is 18.2 Å². The van der Waals surface area contributed by atoms with Crippen LogP contribution in [0.3, 0.4) is 0 Å². The zero-order valence-electron chi connectivity index (χ0n) is 9.70. The van der Waals surface area contributed by atoms with Crippen LogP contribution < -0.4 is 4.74 Å². The summed E-state index contributed by atoms with van der Waals surface area (Å²) in [5.41, 5.74) is 0. The molecule has 0 spiro atoms. The highest BCUT2D eigenvalue weighted by atomic mass is 35.7. The third kappa shape index (κ3) is 5.42. The van der Waals surface area contributed by atoms with Gasteiger partial charge >= 0.3 is 0 Å². The number of halogens is 3. The Kier molecular flexibility index (Phi) is 5.69. The van der Waals surface area contributed by atoms with E-state index in [1.54, 1.807) is 0 Å². The van der Waals surface area contributed by atoms with E-state index in [0.29, 0.717) is 12.2 Å². The van der Waals surface area contributed by atoms with E-state index >= 15 is 0 Å². The van der Waals surface area contributed by atoms with Crippen molar-refractivity contribution < 1.29 is 17.5 Å². The number of hydrogen-bond acceptors (Lipinski definition) is 3. The Balaban J connectivity index is 2.60. The van der Waals surface area contributed by atoms with Crippen LogP contribution in [-0.4, -0.2) is 20.8 Å². The molecule has 0 fully saturated rings. The summed E-state index contributed by atoms with van der Waals surface area (Å²) in [7, 11) is 1.63. The summed E-state index contributed by atoms with van der Waals surface area (Å²) in [5.74, 6) is -0.498. The lowest BCUT2D eigenvalue weighted by Crippen LogP contribution is -2.19. The van der Waals surface area contributed by atoms with Crippen LogP contribution in [0.2, 0.25) is 5.02 Å². The molecule has 0 amide bonds. The first-order chi connectivity index (χ1) is 8.31. The minimum Gasteiger partial charge on any atom is -0.493 e. The van der Waals surface area contributed by atoms with Crippen molar-refractivity contribution in [2.75, 3.05) is 12.4 Å². The van der Waals surface area contributed by atoms with Gasteiger partial charge in [0, 0.05) is 22.7 Å². The summed E-state index contributed by atoms with van der Waals surface area (Å²) in [5, 5.41) is -0.0366. The Morgan fingerprint density at radius 1 is 1.44 bits per heavy atom. The summed E-state index contributed by atoms with van der Waals surface area (Å²) in [6.07, 6.45) is 0.612. The first-order valence-corrected chi connectivity index (χ1v) is 8.17. The zero-order valence-corrected chi connectivity index (χ0v) is 12.0. The molecule has 0 N–H and O–H groups in total. The molecule has 1 unspecified atom stereocenters. The van der Waals surface area contributed by atoms with E-state index in [1.807, 2.05) is 6.92 Å². The monoisotopic (exact) mass is 314 g/mol. The van der Waals surface area contributed by atoms with Gasteiger partial charge in [0.15, 0.2) is 0 Å². The summed E-state index contributed by atoms with van der Waals surface area (Å²) < 4.78 is 40.2. The van der Waals surface area contributed by atoms with E-state index < -0.39 is 14.9 Å². The maximum atomic E-state index is 12.9. The normalized spacial score (nSPS) is 13.3. The quantitative estimate of drug-likeness (QED) is 0.755. The predicted molar refractivity (Wildman–Crippen MR) is 70.3 cm³/mol. The van der Waals surface area contributed by atoms with Crippen molar-refractivity contribution in [2.24, 2.45) is 5.92 Å². The molecule has 102 valence electrons. The van der Waals surface area contributed by atoms with Gasteiger partial charge in [-0.1, -0.05) is 18.5 Å². The Hall–Kier alpha value is -0.520. The molecule has 1 aromatic carbocycles. The maximum Gasteiger partial charge on any atom is 0.232 e. The van der Waals surface area contributed by atoms with Gasteiger partial charge in [-0.3, -0.25) is 0 Å². The summed E-state index contributed by atoms with van der Waals surface area (Å²) in [6, 6.07) is 3.97. The highest BCUT2D eigenvalue weighted by molar-refractivity contribution is 8.13. The summed E-state index contributed by atoms with van der Waals surface area (Å²) in [6.45, 7) is 2.03. The first-order valence-electron chi connectivity index (χ1n) is 5.32. The second-order valence-corrected chi connectivity index (χ2v) is 7.10. The van der Waals surface area contributed by atoms with Crippen LogP contribution in [-0.2, 0) is 9.05 Å². The standard InChI is InChI=1S/C11H13Cl2FO3S/c1-2-8(7-18(13,15)16)6-17-9-3-4-11(14)10(12)5-9/h3-5,8H,2,6-7H2,1H3. The van der Waals surface area contributed by atoms with E-state index in [-0.39, 0.29) is 23.3 Å². The average Bonchev–Trinajstić information content (AvgIpc) is 2.27. The molecule has 1 aromatic rings. The molecule has 0 aliphatic rings. The molecule has 18 heavy (non-hydrogen) atoms. The molecule has 0 radical (unpaired) electrons. The molecule has 0 saturated heterocycles. The summed E-state index contributed by atoms with van der Waals surface area (Å²) >= 11 is 5.60. The number of benzene rings is 1. The van der Waals surface area contributed by atoms with Crippen LogP contribution >= 0.6 is 22.3 Å². The molecule has 1 rings (SSSR count). The largest absolute Gasteiger partial charge is 0.493 e. The molecular formula is C11H13Cl2FO3S. The van der Waals surface area contributed by atoms with Crippen LogP contribution in [0, 0.1) is 11.7 Å². The first kappa shape index (κ1) is 15.5. The van der Waals surface area contributed by atoms with Crippen molar-refractivity contribution in [3.63, 3.8) is 0 Å². The highest BCUT2D eigenvalue weighted by Crippen LogP contribution is 2.22. The molecule has 0 aliphatic carbocycles. The van der Waals surface area contributed by atoms with Gasteiger partial charge in [0.05, 0.1) is 17.4 Å². The fourth-order valence-corrected chi connectivity index (χ4v) is 2.95. The van der Waals surface area contributed by atoms with Crippen molar-refractivity contribution in [1.29, 1.82) is 0 Å². The number of hydrogen-bond donors (Lipinski definition) is 0. The van der Waals surface area contributed by atoms with Gasteiger partial charge in [-0.15, -0.1) is 0 Å². The topological polar surface area (TPSA) is 43.4 Å². The van der Waals surface area contributed by atoms with Crippen molar-refractivity contribution in [3.05, 3.63) is 29.0 Å². The van der Waals surface area contributed by atoms with Crippen LogP contribution in [0.25, 0.3) is 0 Å². The smallest absolute Gasteiger partial charge is 0.232 e. The molecule has 1 atom stereocenters. The molecule has 0 aromatic heterocycles. The predicted octanol–water partition coefficient (Wildman–Crippen LogP) is 3.45. The summed E-state index contributed by atoms with van der Waals surface area (Å²) in [4.78, 5) is 0. The lowest BCUT2D eigenvalue weighted by molar-refractivity contribution is 0.257. The second-order valence-electron chi connectivity index (χ2n) is 3.87. The molecular weight excluding hydrogens is 302 g/mol. The molecule has 7 heteroatoms. The van der Waals surface area contributed by atoms with E-state index in [4.69, 9.17) is 27.0 Å². The fraction of sp³-hybridized carbons (Fsp3) is 0.455. The molecule has 0 saturated carbocycles. The third-order valence-electron chi connectivity index (χ3n) is 2.39. The van der Waals surface area contributed by atoms with E-state index in [9.17, 15) is 12.8 Å². The van der Waals surface area contributed by atoms with Crippen LogP contribution in [0.4, 0.5) is 4.39 Å². The highest BCUT2D eigenvalue weighted by Gasteiger charge is 2.16. The second kappa shape index (κ2) is 6.59. The molecule has 0 heterocycles. The Labute approximate surface area is 115 Å². The SMILES string of the molecule is CCC(COc1ccc(F)c(Cl)c1)CS(=O)(=O)Cl. The van der Waals surface area contributed by atoms with Gasteiger partial charge in [-0.2, -0.15) is 0 Å². The van der Waals surface area contributed by atoms with E-state index in [0.717, 1.165) is 0 Å². The Bertz CT molecular complexity index is 505. The van der Waals surface area contributed by atoms with Crippen molar-refractivity contribution >= 4 is 31.3 Å². The van der Waals surface area contributed by atoms with Crippen LogP contribution in [0.15, 0.2) is 18.2 Å². The molecule has 0 bridgehead atoms. The van der Waals surface area contributed by atoms with Gasteiger partial charge in [-0.25, -0.2) is 12.8 Å². The van der Waals surface area contributed by atoms with E-state index in [2.05, 4.69) is 0 Å². The van der Waals surface area contributed by atoms with Crippen molar-refractivity contribution in [3.8, 4) is 5.75 Å². The number of ether oxygens (including phenoxy) is 1. The Morgan fingerprint density at radius 2 is 2.11 bits per heavy atom. The third-order valence-corrected chi connectivity index (χ3v) is 3.93. The van der Waals surface area contributed by atoms with Gasteiger partial charge < -0.3 is 4.74 Å². The van der Waals surface area contributed by atoms with Gasteiger partial charge in [0.2, 0.25) is 9.05 Å². The zero-order chi connectivity index (χ0) is 13.8. The fourth-order valence-electron chi connectivity index (χ4n) is 1.35. The van der Waals surface area contributed by atoms with Gasteiger partial charge in [0.25, 0.3) is 0 Å². The van der Waals surface area contributed by atoms with Crippen molar-refractivity contribution in [2.45, 2.75) is 13.3 Å². The van der Waals surface area contributed by atoms with Gasteiger partial charge in [-0.05, 0) is 18.6 Å². The number of rotatable bonds is 6. The lowest BCUT2D eigenvalue weighted by atomic mass is 10.1. The maximum absolute atomic E-state index is 12.9. The van der Waals surface area contributed by atoms with Crippen LogP contribution in [0.5, 0.6) is 5.75 Å². The minimum absolute atomic E-state index is 0.0366. The minimum atomic E-state index is -3.55. The lowest BCUT2D eigenvalue weighted by Gasteiger charge is -2.14. The molecule has 3 nitrogen and oxygen atoms in total.